The maximum absolute atomic E-state index is 14.0. The normalized spacial score (nSPS) is 26.2. The van der Waals surface area contributed by atoms with E-state index in [1.807, 2.05) is 60.1 Å². The number of nitrogens with zero attached hydrogens (tertiary/aromatic N) is 6. The largest absolute Gasteiger partial charge is 0.491 e. The lowest BCUT2D eigenvalue weighted by atomic mass is 9.39. The number of benzene rings is 3. The smallest absolute Gasteiger partial charge is 0.410 e. The lowest BCUT2D eigenvalue weighted by molar-refractivity contribution is -0.271. The van der Waals surface area contributed by atoms with E-state index >= 15 is 0 Å². The van der Waals surface area contributed by atoms with Crippen LogP contribution in [0.4, 0.5) is 20.4 Å². The van der Waals surface area contributed by atoms with Gasteiger partial charge in [-0.1, -0.05) is 49.4 Å². The van der Waals surface area contributed by atoms with Gasteiger partial charge in [0.15, 0.2) is 16.9 Å². The number of thiazole rings is 1. The summed E-state index contributed by atoms with van der Waals surface area (Å²) in [5.74, 6) is -2.47. The van der Waals surface area contributed by atoms with Crippen LogP contribution >= 0.6 is 11.3 Å². The van der Waals surface area contributed by atoms with Crippen LogP contribution in [-0.2, 0) is 48.1 Å². The first-order valence-corrected chi connectivity index (χ1v) is 30.5. The van der Waals surface area contributed by atoms with E-state index in [4.69, 9.17) is 49.0 Å². The van der Waals surface area contributed by atoms with Crippen LogP contribution < -0.4 is 25.4 Å². The molecule has 4 saturated carbocycles. The molecular weight excluding hydrogens is 1160 g/mol. The second-order valence-electron chi connectivity index (χ2n) is 24.8. The van der Waals surface area contributed by atoms with E-state index in [9.17, 15) is 44.7 Å². The first kappa shape index (κ1) is 62.3. The fraction of sp³-hybridized carbons (Fsp3) is 0.508. The van der Waals surface area contributed by atoms with Gasteiger partial charge in [0.25, 0.3) is 0 Å². The lowest BCUT2D eigenvalue weighted by Gasteiger charge is -2.69. The molecule has 3 aromatic carbocycles. The molecule has 3 aromatic heterocycles. The predicted molar refractivity (Wildman–Crippen MR) is 322 cm³/mol. The molecule has 0 radical (unpaired) electrons. The lowest BCUT2D eigenvalue weighted by Crippen LogP contribution is -2.64. The molecular formula is C63H76N8O16S. The summed E-state index contributed by atoms with van der Waals surface area (Å²) in [7, 11) is 1.55. The average molecular weight is 1230 g/mol. The van der Waals surface area contributed by atoms with Crippen molar-refractivity contribution in [3.63, 3.8) is 0 Å². The molecule has 0 spiro atoms. The van der Waals surface area contributed by atoms with Gasteiger partial charge >= 0.3 is 24.1 Å². The van der Waals surface area contributed by atoms with Crippen LogP contribution in [0.1, 0.15) is 86.1 Å². The van der Waals surface area contributed by atoms with Gasteiger partial charge < -0.3 is 69.3 Å². The Hall–Kier alpha value is -7.33. The molecule has 25 heteroatoms. The van der Waals surface area contributed by atoms with Crippen molar-refractivity contribution in [2.24, 2.45) is 22.0 Å². The number of hydrogen-bond donors (Lipinski definition) is 7. The molecule has 6 aromatic rings. The number of amides is 3. The van der Waals surface area contributed by atoms with Gasteiger partial charge in [-0.2, -0.15) is 5.10 Å². The minimum absolute atomic E-state index is 0.0308. The third-order valence-electron chi connectivity index (χ3n) is 17.7. The summed E-state index contributed by atoms with van der Waals surface area (Å²) in [5, 5.41) is 59.8. The molecule has 7 atom stereocenters. The minimum Gasteiger partial charge on any atom is -0.491 e. The zero-order valence-electron chi connectivity index (χ0n) is 49.7. The molecule has 1 saturated heterocycles. The predicted octanol–water partition coefficient (Wildman–Crippen LogP) is 7.26. The quantitative estimate of drug-likeness (QED) is 0.0293. The van der Waals surface area contributed by atoms with Crippen LogP contribution in [0.15, 0.2) is 79.0 Å². The van der Waals surface area contributed by atoms with Crippen LogP contribution in [0.5, 0.6) is 11.5 Å². The number of aryl methyl sites for hydroxylation is 1. The summed E-state index contributed by atoms with van der Waals surface area (Å²) in [5.41, 5.74) is 10.8. The van der Waals surface area contributed by atoms with Crippen molar-refractivity contribution in [1.29, 1.82) is 0 Å². The van der Waals surface area contributed by atoms with Crippen molar-refractivity contribution >= 4 is 56.4 Å². The van der Waals surface area contributed by atoms with Crippen LogP contribution in [0.3, 0.4) is 0 Å². The van der Waals surface area contributed by atoms with Gasteiger partial charge in [-0.3, -0.25) is 14.9 Å². The summed E-state index contributed by atoms with van der Waals surface area (Å²) in [6.07, 6.45) is -0.944. The number of aromatic carboxylic acids is 1. The highest BCUT2D eigenvalue weighted by atomic mass is 32.1. The van der Waals surface area contributed by atoms with Gasteiger partial charge in [0.05, 0.1) is 54.1 Å². The molecule has 3 amide bonds. The third-order valence-corrected chi connectivity index (χ3v) is 18.6. The first-order valence-electron chi connectivity index (χ1n) is 29.7. The summed E-state index contributed by atoms with van der Waals surface area (Å²) in [6.45, 7) is 9.26. The number of aliphatic hydroxyl groups excluding tert-OH is 3. The van der Waals surface area contributed by atoms with Gasteiger partial charge in [-0.15, -0.1) is 0 Å². The Morgan fingerprint density at radius 3 is 2.39 bits per heavy atom. The Morgan fingerprint density at radius 2 is 1.64 bits per heavy atom. The van der Waals surface area contributed by atoms with Crippen LogP contribution in [-0.4, -0.2) is 177 Å². The summed E-state index contributed by atoms with van der Waals surface area (Å²) < 4.78 is 44.0. The second kappa shape index (κ2) is 25.6. The zero-order chi connectivity index (χ0) is 62.1. The summed E-state index contributed by atoms with van der Waals surface area (Å²) in [4.78, 5) is 65.3. The number of hydrogen-bond acceptors (Lipinski definition) is 19. The molecule has 8 N–H and O–H groups in total. The molecule has 2 aliphatic heterocycles. The number of carbonyl (C=O) groups is 4. The number of nitrogens with one attached hydrogen (secondary N) is 1. The van der Waals surface area contributed by atoms with Gasteiger partial charge in [0.2, 0.25) is 6.29 Å². The van der Waals surface area contributed by atoms with Gasteiger partial charge in [-0.25, -0.2) is 29.1 Å². The van der Waals surface area contributed by atoms with E-state index in [2.05, 4.69) is 24.1 Å². The molecule has 4 aliphatic carbocycles. The van der Waals surface area contributed by atoms with Gasteiger partial charge in [-0.05, 0) is 123 Å². The molecule has 470 valence electrons. The number of nitrogens with two attached hydrogens (primary N) is 1. The molecule has 5 heterocycles. The maximum atomic E-state index is 14.0. The zero-order valence-corrected chi connectivity index (χ0v) is 50.5. The number of anilines is 2. The number of aliphatic carboxylic acids is 1. The molecule has 2 unspecified atom stereocenters. The van der Waals surface area contributed by atoms with Crippen LogP contribution in [0.2, 0.25) is 0 Å². The van der Waals surface area contributed by atoms with Crippen molar-refractivity contribution in [2.75, 3.05) is 76.5 Å². The number of carbonyl (C=O) groups excluding carboxylic acids is 2. The Bertz CT molecular complexity index is 3510. The van der Waals surface area contributed by atoms with E-state index < -0.39 is 54.3 Å². The fourth-order valence-electron chi connectivity index (χ4n) is 15.0. The number of rotatable bonds is 24. The monoisotopic (exact) mass is 1230 g/mol. The Balaban J connectivity index is 0.759. The Labute approximate surface area is 512 Å². The van der Waals surface area contributed by atoms with E-state index in [0.29, 0.717) is 59.3 Å². The third kappa shape index (κ3) is 13.2. The van der Waals surface area contributed by atoms with E-state index in [0.717, 1.165) is 78.5 Å². The molecule has 12 rings (SSSR count). The van der Waals surface area contributed by atoms with Gasteiger partial charge in [0.1, 0.15) is 43.0 Å². The summed E-state index contributed by atoms with van der Waals surface area (Å²) in [6, 6.07) is 21.3. The number of pyridine rings is 1. The van der Waals surface area contributed by atoms with E-state index in [-0.39, 0.29) is 85.6 Å². The van der Waals surface area contributed by atoms with Crippen molar-refractivity contribution < 1.29 is 77.9 Å². The van der Waals surface area contributed by atoms with Crippen LogP contribution in [0.25, 0.3) is 32.6 Å². The summed E-state index contributed by atoms with van der Waals surface area (Å²) >= 11 is 1.41. The number of carboxylic acid groups (broad SMARTS) is 2. The number of para-hydroxylation sites is 1. The highest BCUT2D eigenvalue weighted by Crippen LogP contribution is 2.72. The van der Waals surface area contributed by atoms with E-state index in [1.165, 1.54) is 28.4 Å². The van der Waals surface area contributed by atoms with Crippen LogP contribution in [0, 0.1) is 23.2 Å². The SMILES string of the molecule is COCCN(CCOC12CC3(C)CC(C)(CC(Cn4ncc(-c5ccc(-c6ccc7c(c6)N(C(=O)Nc6nc8ccccc8s6)CCC7)nc5C(=O)O)c4C)(C3)C1)C2)C(=O)OCc1ccc(O[C@H]2O[C@@H](C(=O)O)[C@H](O)[C@@H](O)[C@@H]2O)cc1OCCOCCN. The number of aliphatic hydroxyl groups is 3. The van der Waals surface area contributed by atoms with Crippen molar-refractivity contribution in [2.45, 2.75) is 122 Å². The Kier molecular flexibility index (Phi) is 18.1. The van der Waals surface area contributed by atoms with Crippen molar-refractivity contribution in [3.8, 4) is 33.9 Å². The number of fused-ring (bicyclic) bond motifs is 2. The molecule has 4 bridgehead atoms. The van der Waals surface area contributed by atoms with E-state index in [1.54, 1.807) is 30.3 Å². The van der Waals surface area contributed by atoms with Crippen molar-refractivity contribution in [1.82, 2.24) is 24.6 Å². The fourth-order valence-corrected chi connectivity index (χ4v) is 15.9. The molecule has 5 fully saturated rings. The molecule has 6 aliphatic rings. The number of urea groups is 1. The number of ether oxygens (including phenoxy) is 7. The van der Waals surface area contributed by atoms with Gasteiger partial charge in [0, 0.05) is 79.5 Å². The highest BCUT2D eigenvalue weighted by molar-refractivity contribution is 7.22. The second-order valence-corrected chi connectivity index (χ2v) is 25.9. The number of aromatic nitrogens is 4. The Morgan fingerprint density at radius 1 is 0.852 bits per heavy atom. The first-order chi connectivity index (χ1) is 42.2. The minimum atomic E-state index is -1.90. The topological polar surface area (TPSA) is 322 Å². The maximum Gasteiger partial charge on any atom is 0.410 e. The number of carboxylic acids is 2. The number of methoxy groups -OCH3 is 1. The standard InChI is InChI=1S/C63H76N8O16S/c1-37-43(42-15-16-44(66-49(42)54(75)76)39-12-11-38-8-7-18-70(46(38)26-39)58(79)68-57-67-45-9-5-6-10-48(45)88-57)28-65-71(37)36-62-31-60(2)30-61(3,32-62)34-63(33-60,35-62)85-23-20-69(19-22-81-4)59(80)84-29-40-13-14-41(27-47(40)83-25-24-82-21-17-64)86-56-52(74)50(72)51(73)53(87-56)55(77)78/h5-6,9-16,26-28,50-53,56,72-74H,7-8,17-25,29-36,64H2,1-4H3,(H,75,76)(H,77,78)(H,67,68,79)/t50-,51-,52+,53-,56+,60?,61?,62?,63?/m1/s1. The average Bonchev–Trinajstić information content (AvgIpc) is 0.745. The highest BCUT2D eigenvalue weighted by Gasteiger charge is 2.66. The van der Waals surface area contributed by atoms with Crippen molar-refractivity contribution in [3.05, 3.63) is 102 Å². The molecule has 88 heavy (non-hydrogen) atoms. The molecule has 24 nitrogen and oxygen atoms in total.